The number of aliphatic carboxylic acids is 2. The highest BCUT2D eigenvalue weighted by molar-refractivity contribution is 9.12. The first-order valence-electron chi connectivity index (χ1n) is 3.12. The van der Waals surface area contributed by atoms with Crippen LogP contribution in [0.2, 0.25) is 0 Å². The number of hydrogen-bond donors (Lipinski definition) is 2. The molecule has 2 N–H and O–H groups in total. The van der Waals surface area contributed by atoms with E-state index in [4.69, 9.17) is 10.2 Å². The maximum absolute atomic E-state index is 10.6. The summed E-state index contributed by atoms with van der Waals surface area (Å²) in [7, 11) is 0. The van der Waals surface area contributed by atoms with Crippen molar-refractivity contribution >= 4 is 43.8 Å². The molecule has 0 saturated heterocycles. The topological polar surface area (TPSA) is 74.6 Å². The Morgan fingerprint density at radius 1 is 1.33 bits per heavy atom. The normalized spacial score (nSPS) is 15.2. The minimum atomic E-state index is -1.16. The summed E-state index contributed by atoms with van der Waals surface area (Å²) in [6.07, 6.45) is -0.105. The Labute approximate surface area is 86.2 Å². The third kappa shape index (κ3) is 3.53. The van der Waals surface area contributed by atoms with Crippen LogP contribution in [-0.2, 0) is 9.59 Å². The van der Waals surface area contributed by atoms with E-state index in [2.05, 4.69) is 31.9 Å². The molecule has 0 radical (unpaired) electrons. The molecule has 0 heterocycles. The summed E-state index contributed by atoms with van der Waals surface area (Å²) >= 11 is 5.97. The van der Waals surface area contributed by atoms with Crippen LogP contribution < -0.4 is 0 Å². The van der Waals surface area contributed by atoms with Gasteiger partial charge in [0.25, 0.3) is 0 Å². The summed E-state index contributed by atoms with van der Waals surface area (Å²) in [5, 5.41) is 17.2. The van der Waals surface area contributed by atoms with Crippen molar-refractivity contribution in [2.24, 2.45) is 0 Å². The van der Waals surface area contributed by atoms with Crippen LogP contribution >= 0.6 is 31.9 Å². The molecule has 0 aliphatic rings. The van der Waals surface area contributed by atoms with Crippen molar-refractivity contribution in [1.29, 1.82) is 0 Å². The zero-order valence-electron chi connectivity index (χ0n) is 6.09. The summed E-state index contributed by atoms with van der Waals surface area (Å²) in [6, 6.07) is 0. The number of halogens is 2. The number of hydrogen-bond acceptors (Lipinski definition) is 2. The molecule has 70 valence electrons. The number of alkyl halides is 2. The Kier molecular flexibility index (Phi) is 4.77. The molecule has 1 unspecified atom stereocenters. The van der Waals surface area contributed by atoms with Crippen molar-refractivity contribution in [3.63, 3.8) is 0 Å². The third-order valence-electron chi connectivity index (χ3n) is 1.33. The van der Waals surface area contributed by atoms with E-state index in [1.165, 1.54) is 0 Å². The highest BCUT2D eigenvalue weighted by Gasteiger charge is 2.34. The minimum absolute atomic E-state index is 0.0584. The van der Waals surface area contributed by atoms with Crippen LogP contribution in [0.1, 0.15) is 12.8 Å². The standard InChI is InChI=1S/C6H8Br2O4/c7-3-6(8,5(11)12)2-1-4(9)10/h1-3H2,(H,9,10)(H,11,12). The molecule has 0 fully saturated rings. The summed E-state index contributed by atoms with van der Waals surface area (Å²) in [5.41, 5.74) is 0. The van der Waals surface area contributed by atoms with Crippen molar-refractivity contribution in [3.05, 3.63) is 0 Å². The molecule has 0 aliphatic carbocycles. The highest BCUT2D eigenvalue weighted by Crippen LogP contribution is 2.26. The number of carbonyl (C=O) groups is 2. The number of carboxylic acids is 2. The van der Waals surface area contributed by atoms with Crippen LogP contribution in [0.25, 0.3) is 0 Å². The van der Waals surface area contributed by atoms with E-state index in [0.717, 1.165) is 0 Å². The lowest BCUT2D eigenvalue weighted by atomic mass is 10.1. The second-order valence-electron chi connectivity index (χ2n) is 2.30. The Bertz CT molecular complexity index is 194. The minimum Gasteiger partial charge on any atom is -0.481 e. The molecule has 0 amide bonds. The van der Waals surface area contributed by atoms with Crippen LogP contribution in [-0.4, -0.2) is 31.8 Å². The average molecular weight is 304 g/mol. The largest absolute Gasteiger partial charge is 0.481 e. The quantitative estimate of drug-likeness (QED) is 0.754. The summed E-state index contributed by atoms with van der Waals surface area (Å²) in [5.74, 6) is -2.05. The van der Waals surface area contributed by atoms with E-state index >= 15 is 0 Å². The zero-order valence-corrected chi connectivity index (χ0v) is 9.26. The summed E-state index contributed by atoms with van der Waals surface area (Å²) in [4.78, 5) is 20.8. The van der Waals surface area contributed by atoms with Gasteiger partial charge in [-0.3, -0.25) is 9.59 Å². The van der Waals surface area contributed by atoms with Crippen molar-refractivity contribution in [3.8, 4) is 0 Å². The predicted molar refractivity (Wildman–Crippen MR) is 50.0 cm³/mol. The molecule has 6 heteroatoms. The molecule has 0 aliphatic heterocycles. The highest BCUT2D eigenvalue weighted by atomic mass is 79.9. The maximum Gasteiger partial charge on any atom is 0.321 e. The van der Waals surface area contributed by atoms with Crippen LogP contribution in [0.5, 0.6) is 0 Å². The van der Waals surface area contributed by atoms with E-state index in [1.807, 2.05) is 0 Å². The third-order valence-corrected chi connectivity index (χ3v) is 4.06. The van der Waals surface area contributed by atoms with Gasteiger partial charge in [-0.05, 0) is 6.42 Å². The van der Waals surface area contributed by atoms with Crippen LogP contribution in [0, 0.1) is 0 Å². The second-order valence-corrected chi connectivity index (χ2v) is 4.38. The van der Waals surface area contributed by atoms with Gasteiger partial charge in [-0.25, -0.2) is 0 Å². The molecule has 0 aromatic rings. The van der Waals surface area contributed by atoms with Gasteiger partial charge in [0.2, 0.25) is 0 Å². The van der Waals surface area contributed by atoms with Gasteiger partial charge in [-0.2, -0.15) is 0 Å². The average Bonchev–Trinajstić information content (AvgIpc) is 1.99. The monoisotopic (exact) mass is 302 g/mol. The van der Waals surface area contributed by atoms with Gasteiger partial charge in [0.15, 0.2) is 0 Å². The van der Waals surface area contributed by atoms with Gasteiger partial charge in [0.05, 0.1) is 0 Å². The van der Waals surface area contributed by atoms with Crippen LogP contribution in [0.4, 0.5) is 0 Å². The number of carboxylic acid groups (broad SMARTS) is 2. The fourth-order valence-electron chi connectivity index (χ4n) is 0.536. The van der Waals surface area contributed by atoms with Gasteiger partial charge in [0, 0.05) is 11.8 Å². The lowest BCUT2D eigenvalue weighted by Gasteiger charge is -2.18. The van der Waals surface area contributed by atoms with Crippen LogP contribution in [0.15, 0.2) is 0 Å². The molecular formula is C6H8Br2O4. The van der Waals surface area contributed by atoms with E-state index < -0.39 is 16.3 Å². The smallest absolute Gasteiger partial charge is 0.321 e. The molecule has 0 aromatic heterocycles. The van der Waals surface area contributed by atoms with Crippen molar-refractivity contribution in [2.45, 2.75) is 17.2 Å². The molecule has 1 atom stereocenters. The fraction of sp³-hybridized carbons (Fsp3) is 0.667. The van der Waals surface area contributed by atoms with Crippen LogP contribution in [0.3, 0.4) is 0 Å². The van der Waals surface area contributed by atoms with Gasteiger partial charge in [0.1, 0.15) is 4.32 Å². The maximum atomic E-state index is 10.6. The SMILES string of the molecule is O=C(O)CCC(Br)(CBr)C(=O)O. The first-order valence-corrected chi connectivity index (χ1v) is 5.04. The van der Waals surface area contributed by atoms with Gasteiger partial charge in [-0.15, -0.1) is 0 Å². The van der Waals surface area contributed by atoms with E-state index in [1.54, 1.807) is 0 Å². The van der Waals surface area contributed by atoms with E-state index in [0.29, 0.717) is 0 Å². The zero-order chi connectivity index (χ0) is 9.78. The Morgan fingerprint density at radius 3 is 2.08 bits per heavy atom. The molecule has 0 aromatic carbocycles. The molecule has 12 heavy (non-hydrogen) atoms. The molecule has 0 saturated carbocycles. The van der Waals surface area contributed by atoms with Gasteiger partial charge < -0.3 is 10.2 Å². The van der Waals surface area contributed by atoms with Gasteiger partial charge >= 0.3 is 11.9 Å². The summed E-state index contributed by atoms with van der Waals surface area (Å²) in [6.45, 7) is 0. The van der Waals surface area contributed by atoms with Gasteiger partial charge in [-0.1, -0.05) is 31.9 Å². The Balaban J connectivity index is 4.15. The fourth-order valence-corrected chi connectivity index (χ4v) is 1.25. The molecule has 4 nitrogen and oxygen atoms in total. The van der Waals surface area contributed by atoms with Crippen molar-refractivity contribution in [2.75, 3.05) is 5.33 Å². The Morgan fingerprint density at radius 2 is 1.83 bits per heavy atom. The molecule has 0 spiro atoms. The second kappa shape index (κ2) is 4.81. The first kappa shape index (κ1) is 11.9. The van der Waals surface area contributed by atoms with Crippen molar-refractivity contribution < 1.29 is 19.8 Å². The number of rotatable bonds is 5. The van der Waals surface area contributed by atoms with E-state index in [9.17, 15) is 9.59 Å². The summed E-state index contributed by atoms with van der Waals surface area (Å²) < 4.78 is -1.16. The molecular weight excluding hydrogens is 296 g/mol. The lowest BCUT2D eigenvalue weighted by Crippen LogP contribution is -2.34. The van der Waals surface area contributed by atoms with Crippen molar-refractivity contribution in [1.82, 2.24) is 0 Å². The molecule has 0 bridgehead atoms. The Hall–Kier alpha value is -0.100. The predicted octanol–water partition coefficient (Wildman–Crippen LogP) is 1.46. The van der Waals surface area contributed by atoms with E-state index in [-0.39, 0.29) is 18.2 Å². The molecule has 0 rings (SSSR count). The lowest BCUT2D eigenvalue weighted by molar-refractivity contribution is -0.140. The first-order chi connectivity index (χ1) is 5.42.